The van der Waals surface area contributed by atoms with Crippen molar-refractivity contribution in [3.63, 3.8) is 0 Å². The summed E-state index contributed by atoms with van der Waals surface area (Å²) < 4.78 is 15.1. The molecule has 0 spiro atoms. The van der Waals surface area contributed by atoms with Crippen molar-refractivity contribution in [2.45, 2.75) is 33.7 Å². The SMILES string of the molecule is CCC(=O)c1c(C)nn(Cc2cccc(F)c2Cl)c1C. The molecule has 0 saturated carbocycles. The van der Waals surface area contributed by atoms with Crippen molar-refractivity contribution in [3.05, 3.63) is 51.6 Å². The summed E-state index contributed by atoms with van der Waals surface area (Å²) in [4.78, 5) is 11.9. The minimum Gasteiger partial charge on any atom is -0.294 e. The summed E-state index contributed by atoms with van der Waals surface area (Å²) in [6.07, 6.45) is 0.439. The molecule has 20 heavy (non-hydrogen) atoms. The van der Waals surface area contributed by atoms with E-state index >= 15 is 0 Å². The minimum absolute atomic E-state index is 0.0663. The van der Waals surface area contributed by atoms with Gasteiger partial charge in [-0.3, -0.25) is 9.48 Å². The molecule has 2 aromatic rings. The van der Waals surface area contributed by atoms with E-state index in [4.69, 9.17) is 11.6 Å². The predicted molar refractivity (Wildman–Crippen MR) is 76.8 cm³/mol. The molecule has 106 valence electrons. The third kappa shape index (κ3) is 2.61. The fourth-order valence-electron chi connectivity index (χ4n) is 2.26. The number of benzene rings is 1. The number of carbonyl (C=O) groups is 1. The lowest BCUT2D eigenvalue weighted by Crippen LogP contribution is -2.06. The molecule has 0 aliphatic heterocycles. The second kappa shape index (κ2) is 5.75. The van der Waals surface area contributed by atoms with Crippen molar-refractivity contribution >= 4 is 17.4 Å². The standard InChI is InChI=1S/C15H16ClFN2O/c1-4-13(20)14-9(2)18-19(10(14)3)8-11-6-5-7-12(17)15(11)16/h5-7H,4,8H2,1-3H3. The summed E-state index contributed by atoms with van der Waals surface area (Å²) in [6, 6.07) is 4.68. The van der Waals surface area contributed by atoms with Crippen LogP contribution in [0.1, 0.15) is 40.7 Å². The largest absolute Gasteiger partial charge is 0.294 e. The zero-order valence-electron chi connectivity index (χ0n) is 11.7. The summed E-state index contributed by atoms with van der Waals surface area (Å²) >= 11 is 5.95. The number of rotatable bonds is 4. The number of ketones is 1. The third-order valence-corrected chi connectivity index (χ3v) is 3.76. The zero-order valence-corrected chi connectivity index (χ0v) is 12.5. The molecule has 0 amide bonds. The lowest BCUT2D eigenvalue weighted by molar-refractivity contribution is 0.0987. The van der Waals surface area contributed by atoms with Gasteiger partial charge in [-0.05, 0) is 25.5 Å². The van der Waals surface area contributed by atoms with Crippen LogP contribution in [0.25, 0.3) is 0 Å². The molecule has 1 aromatic heterocycles. The van der Waals surface area contributed by atoms with Gasteiger partial charge in [-0.2, -0.15) is 5.10 Å². The Morgan fingerprint density at radius 3 is 2.75 bits per heavy atom. The molecule has 0 bridgehead atoms. The van der Waals surface area contributed by atoms with E-state index in [1.807, 2.05) is 13.8 Å². The quantitative estimate of drug-likeness (QED) is 0.801. The van der Waals surface area contributed by atoms with Gasteiger partial charge in [0.25, 0.3) is 0 Å². The van der Waals surface area contributed by atoms with Crippen LogP contribution in [0.2, 0.25) is 5.02 Å². The summed E-state index contributed by atoms with van der Waals surface area (Å²) in [6.45, 7) is 5.82. The fraction of sp³-hybridized carbons (Fsp3) is 0.333. The molecule has 0 unspecified atom stereocenters. The van der Waals surface area contributed by atoms with Crippen LogP contribution in [0.4, 0.5) is 4.39 Å². The molecule has 0 atom stereocenters. The highest BCUT2D eigenvalue weighted by Gasteiger charge is 2.18. The number of Topliss-reactive ketones (excluding diaryl/α,β-unsaturated/α-hetero) is 1. The summed E-state index contributed by atoms with van der Waals surface area (Å²) in [5.74, 6) is -0.382. The van der Waals surface area contributed by atoms with E-state index in [1.54, 1.807) is 23.7 Å². The number of carbonyl (C=O) groups excluding carboxylic acids is 1. The molecule has 0 saturated heterocycles. The second-order valence-corrected chi connectivity index (χ2v) is 5.07. The molecule has 0 aliphatic rings. The van der Waals surface area contributed by atoms with Crippen LogP contribution in [-0.2, 0) is 6.54 Å². The monoisotopic (exact) mass is 294 g/mol. The van der Waals surface area contributed by atoms with E-state index in [0.717, 1.165) is 5.69 Å². The second-order valence-electron chi connectivity index (χ2n) is 4.69. The summed E-state index contributed by atoms with van der Waals surface area (Å²) in [7, 11) is 0. The van der Waals surface area contributed by atoms with Gasteiger partial charge < -0.3 is 0 Å². The number of aryl methyl sites for hydroxylation is 1. The van der Waals surface area contributed by atoms with Gasteiger partial charge in [0.05, 0.1) is 22.8 Å². The maximum Gasteiger partial charge on any atom is 0.166 e. The van der Waals surface area contributed by atoms with Crippen molar-refractivity contribution in [3.8, 4) is 0 Å². The Hall–Kier alpha value is -1.68. The van der Waals surface area contributed by atoms with E-state index < -0.39 is 5.82 Å². The molecule has 1 heterocycles. The van der Waals surface area contributed by atoms with Crippen LogP contribution in [0.3, 0.4) is 0 Å². The average molecular weight is 295 g/mol. The number of nitrogens with zero attached hydrogens (tertiary/aromatic N) is 2. The van der Waals surface area contributed by atoms with Crippen molar-refractivity contribution in [1.29, 1.82) is 0 Å². The van der Waals surface area contributed by atoms with Crippen LogP contribution < -0.4 is 0 Å². The first kappa shape index (κ1) is 14.7. The van der Waals surface area contributed by atoms with Crippen LogP contribution in [0.15, 0.2) is 18.2 Å². The molecule has 0 radical (unpaired) electrons. The maximum atomic E-state index is 13.4. The third-order valence-electron chi connectivity index (χ3n) is 3.33. The topological polar surface area (TPSA) is 34.9 Å². The van der Waals surface area contributed by atoms with Crippen molar-refractivity contribution in [1.82, 2.24) is 9.78 Å². The zero-order chi connectivity index (χ0) is 14.9. The van der Waals surface area contributed by atoms with Gasteiger partial charge in [-0.15, -0.1) is 0 Å². The Labute approximate surface area is 122 Å². The summed E-state index contributed by atoms with van der Waals surface area (Å²) in [5, 5.41) is 4.46. The number of halogens is 2. The highest BCUT2D eigenvalue weighted by molar-refractivity contribution is 6.31. The molecule has 0 N–H and O–H groups in total. The number of aromatic nitrogens is 2. The minimum atomic E-state index is -0.449. The van der Waals surface area contributed by atoms with E-state index in [0.29, 0.717) is 29.8 Å². The van der Waals surface area contributed by atoms with Crippen LogP contribution >= 0.6 is 11.6 Å². The van der Waals surface area contributed by atoms with Gasteiger partial charge in [0, 0.05) is 12.1 Å². The van der Waals surface area contributed by atoms with E-state index in [1.165, 1.54) is 6.07 Å². The van der Waals surface area contributed by atoms with Crippen molar-refractivity contribution in [2.75, 3.05) is 0 Å². The normalized spacial score (nSPS) is 10.8. The molecule has 0 fully saturated rings. The molecule has 0 aliphatic carbocycles. The Kier molecular flexibility index (Phi) is 4.23. The Morgan fingerprint density at radius 2 is 2.10 bits per heavy atom. The molecule has 2 rings (SSSR count). The number of hydrogen-bond acceptors (Lipinski definition) is 2. The first-order chi connectivity index (χ1) is 9.45. The highest BCUT2D eigenvalue weighted by atomic mass is 35.5. The first-order valence-electron chi connectivity index (χ1n) is 6.45. The molecule has 3 nitrogen and oxygen atoms in total. The molecular weight excluding hydrogens is 279 g/mol. The van der Waals surface area contributed by atoms with Gasteiger partial charge >= 0.3 is 0 Å². The fourth-order valence-corrected chi connectivity index (χ4v) is 2.45. The molecule has 1 aromatic carbocycles. The van der Waals surface area contributed by atoms with Crippen LogP contribution in [-0.4, -0.2) is 15.6 Å². The highest BCUT2D eigenvalue weighted by Crippen LogP contribution is 2.22. The maximum absolute atomic E-state index is 13.4. The van der Waals surface area contributed by atoms with E-state index in [9.17, 15) is 9.18 Å². The molecule has 5 heteroatoms. The van der Waals surface area contributed by atoms with E-state index in [2.05, 4.69) is 5.10 Å². The molecular formula is C15H16ClFN2O. The Balaban J connectivity index is 2.40. The van der Waals surface area contributed by atoms with E-state index in [-0.39, 0.29) is 10.8 Å². The smallest absolute Gasteiger partial charge is 0.166 e. The summed E-state index contributed by atoms with van der Waals surface area (Å²) in [5.41, 5.74) is 2.78. The van der Waals surface area contributed by atoms with Crippen molar-refractivity contribution < 1.29 is 9.18 Å². The van der Waals surface area contributed by atoms with Crippen LogP contribution in [0, 0.1) is 19.7 Å². The van der Waals surface area contributed by atoms with Gasteiger partial charge in [0.15, 0.2) is 5.78 Å². The lowest BCUT2D eigenvalue weighted by atomic mass is 10.1. The average Bonchev–Trinajstić information content (AvgIpc) is 2.69. The Bertz CT molecular complexity index is 664. The van der Waals surface area contributed by atoms with Crippen LogP contribution in [0.5, 0.6) is 0 Å². The van der Waals surface area contributed by atoms with Crippen molar-refractivity contribution in [2.24, 2.45) is 0 Å². The van der Waals surface area contributed by atoms with Gasteiger partial charge in [-0.1, -0.05) is 30.7 Å². The number of hydrogen-bond donors (Lipinski definition) is 0. The Morgan fingerprint density at radius 1 is 1.40 bits per heavy atom. The van der Waals surface area contributed by atoms with Gasteiger partial charge in [0.1, 0.15) is 5.82 Å². The lowest BCUT2D eigenvalue weighted by Gasteiger charge is -2.07. The van der Waals surface area contributed by atoms with Gasteiger partial charge in [-0.25, -0.2) is 4.39 Å². The van der Waals surface area contributed by atoms with Gasteiger partial charge in [0.2, 0.25) is 0 Å². The predicted octanol–water partition coefficient (Wildman–Crippen LogP) is 3.93. The first-order valence-corrected chi connectivity index (χ1v) is 6.83.